The second-order valence-corrected chi connectivity index (χ2v) is 9.39. The van der Waals surface area contributed by atoms with E-state index >= 15 is 0 Å². The molecule has 1 nitrogen and oxygen atoms in total. The summed E-state index contributed by atoms with van der Waals surface area (Å²) in [5, 5.41) is 1.27. The van der Waals surface area contributed by atoms with Crippen LogP contribution in [0.2, 0.25) is 0 Å². The number of hydrogen-bond acceptors (Lipinski definition) is 2. The fraction of sp³-hybridized carbons (Fsp3) is 0.172. The highest BCUT2D eigenvalue weighted by atomic mass is 32.1. The maximum Gasteiger partial charge on any atom is 0.0391 e. The number of fused-ring (bicyclic) bond motifs is 1. The summed E-state index contributed by atoms with van der Waals surface area (Å²) in [7, 11) is 0. The molecule has 2 N–H and O–H groups in total. The molecule has 0 aliphatic heterocycles. The van der Waals surface area contributed by atoms with Gasteiger partial charge in [0.05, 0.1) is 0 Å². The van der Waals surface area contributed by atoms with Gasteiger partial charge in [0.25, 0.3) is 0 Å². The van der Waals surface area contributed by atoms with E-state index in [0.29, 0.717) is 0 Å². The van der Waals surface area contributed by atoms with E-state index in [1.54, 1.807) is 11.3 Å². The zero-order valence-corrected chi connectivity index (χ0v) is 19.6. The van der Waals surface area contributed by atoms with Gasteiger partial charge >= 0.3 is 0 Å². The van der Waals surface area contributed by atoms with Crippen LogP contribution in [-0.2, 0) is 6.42 Å². The van der Waals surface area contributed by atoms with Gasteiger partial charge < -0.3 is 5.73 Å². The van der Waals surface area contributed by atoms with Gasteiger partial charge in [0.2, 0.25) is 0 Å². The molecule has 2 heteroatoms. The van der Waals surface area contributed by atoms with Gasteiger partial charge in [-0.2, -0.15) is 0 Å². The maximum absolute atomic E-state index is 6.11. The van der Waals surface area contributed by atoms with E-state index in [1.165, 1.54) is 53.9 Å². The van der Waals surface area contributed by atoms with Crippen LogP contribution >= 0.6 is 11.3 Å². The van der Waals surface area contributed by atoms with Gasteiger partial charge in [0.1, 0.15) is 0 Å². The molecule has 0 radical (unpaired) electrons. The zero-order valence-electron chi connectivity index (χ0n) is 18.8. The summed E-state index contributed by atoms with van der Waals surface area (Å²) in [5.41, 5.74) is 17.0. The molecule has 0 bridgehead atoms. The lowest BCUT2D eigenvalue weighted by Crippen LogP contribution is -1.97. The average Bonchev–Trinajstić information content (AvgIpc) is 3.06. The summed E-state index contributed by atoms with van der Waals surface area (Å²) < 4.78 is 1.22. The van der Waals surface area contributed by atoms with Crippen molar-refractivity contribution in [3.8, 4) is 0 Å². The summed E-state index contributed by atoms with van der Waals surface area (Å²) in [6, 6.07) is 19.6. The van der Waals surface area contributed by atoms with Crippen LogP contribution in [0.15, 0.2) is 67.3 Å². The van der Waals surface area contributed by atoms with E-state index in [4.69, 9.17) is 5.73 Å². The lowest BCUT2D eigenvalue weighted by Gasteiger charge is -2.15. The van der Waals surface area contributed by atoms with Crippen molar-refractivity contribution in [3.63, 3.8) is 0 Å². The molecule has 0 saturated heterocycles. The van der Waals surface area contributed by atoms with Crippen molar-refractivity contribution in [2.45, 2.75) is 34.1 Å². The van der Waals surface area contributed by atoms with E-state index < -0.39 is 0 Å². The summed E-state index contributed by atoms with van der Waals surface area (Å²) in [6.07, 6.45) is 5.07. The molecule has 1 aromatic heterocycles. The number of allylic oxidation sites excluding steroid dienone is 1. The summed E-state index contributed by atoms with van der Waals surface area (Å²) >= 11 is 1.80. The van der Waals surface area contributed by atoms with E-state index in [2.05, 4.69) is 88.0 Å². The Bertz CT molecular complexity index is 1280. The summed E-state index contributed by atoms with van der Waals surface area (Å²) in [5.74, 6) is 0. The highest BCUT2D eigenvalue weighted by Gasteiger charge is 2.19. The Hall–Kier alpha value is -3.10. The number of thiophene rings is 1. The third-order valence-electron chi connectivity index (χ3n) is 5.79. The fourth-order valence-corrected chi connectivity index (χ4v) is 5.75. The molecular formula is C29H29NS. The monoisotopic (exact) mass is 423 g/mol. The SMILES string of the molecule is C=C(c1sc2cc(N)ccc2c1Cc1ccc(/C=C/C)cc1)c1c(C)cc(C)cc1C. The predicted octanol–water partition coefficient (Wildman–Crippen LogP) is 8.09. The van der Waals surface area contributed by atoms with Crippen LogP contribution in [0.1, 0.15) is 50.7 Å². The first-order valence-electron chi connectivity index (χ1n) is 10.7. The van der Waals surface area contributed by atoms with Crippen LogP contribution in [0.5, 0.6) is 0 Å². The molecule has 0 amide bonds. The van der Waals surface area contributed by atoms with Crippen molar-refractivity contribution in [2.75, 3.05) is 5.73 Å². The third kappa shape index (κ3) is 4.22. The minimum Gasteiger partial charge on any atom is -0.399 e. The van der Waals surface area contributed by atoms with Crippen LogP contribution in [0.4, 0.5) is 5.69 Å². The van der Waals surface area contributed by atoms with Crippen LogP contribution < -0.4 is 5.73 Å². The van der Waals surface area contributed by atoms with Gasteiger partial charge in [-0.05, 0) is 90.6 Å². The van der Waals surface area contributed by atoms with E-state index in [1.807, 2.05) is 13.0 Å². The number of nitrogens with two attached hydrogens (primary N) is 1. The molecule has 4 aromatic rings. The van der Waals surface area contributed by atoms with Crippen molar-refractivity contribution in [1.29, 1.82) is 0 Å². The Balaban J connectivity index is 1.84. The lowest BCUT2D eigenvalue weighted by molar-refractivity contribution is 1.21. The zero-order chi connectivity index (χ0) is 22.1. The molecule has 3 aromatic carbocycles. The highest BCUT2D eigenvalue weighted by molar-refractivity contribution is 7.20. The third-order valence-corrected chi connectivity index (χ3v) is 7.04. The van der Waals surface area contributed by atoms with E-state index in [9.17, 15) is 0 Å². The van der Waals surface area contributed by atoms with Gasteiger partial charge in [0, 0.05) is 15.3 Å². The number of benzene rings is 3. The predicted molar refractivity (Wildman–Crippen MR) is 139 cm³/mol. The lowest BCUT2D eigenvalue weighted by atomic mass is 9.90. The molecule has 0 aliphatic rings. The van der Waals surface area contributed by atoms with E-state index in [-0.39, 0.29) is 0 Å². The number of hydrogen-bond donors (Lipinski definition) is 1. The number of rotatable bonds is 5. The van der Waals surface area contributed by atoms with Gasteiger partial charge in [-0.3, -0.25) is 0 Å². The molecule has 4 rings (SSSR count). The topological polar surface area (TPSA) is 26.0 Å². The molecule has 31 heavy (non-hydrogen) atoms. The highest BCUT2D eigenvalue weighted by Crippen LogP contribution is 2.41. The molecule has 0 atom stereocenters. The van der Waals surface area contributed by atoms with Crippen molar-refractivity contribution in [2.24, 2.45) is 0 Å². The van der Waals surface area contributed by atoms with Crippen LogP contribution in [0.3, 0.4) is 0 Å². The molecule has 0 spiro atoms. The molecular weight excluding hydrogens is 394 g/mol. The minimum absolute atomic E-state index is 0.802. The largest absolute Gasteiger partial charge is 0.399 e. The molecule has 0 fully saturated rings. The van der Waals surface area contributed by atoms with Gasteiger partial charge in [-0.15, -0.1) is 11.3 Å². The smallest absolute Gasteiger partial charge is 0.0391 e. The molecule has 156 valence electrons. The molecule has 0 unspecified atom stereocenters. The number of anilines is 1. The van der Waals surface area contributed by atoms with Crippen LogP contribution in [-0.4, -0.2) is 0 Å². The Morgan fingerprint density at radius 3 is 2.29 bits per heavy atom. The van der Waals surface area contributed by atoms with Crippen molar-refractivity contribution >= 4 is 38.8 Å². The summed E-state index contributed by atoms with van der Waals surface area (Å²) in [6.45, 7) is 13.1. The Morgan fingerprint density at radius 2 is 1.65 bits per heavy atom. The van der Waals surface area contributed by atoms with Crippen molar-refractivity contribution in [1.82, 2.24) is 0 Å². The quantitative estimate of drug-likeness (QED) is 0.322. The Morgan fingerprint density at radius 1 is 0.968 bits per heavy atom. The minimum atomic E-state index is 0.802. The standard InChI is InChI=1S/C29H29NS/c1-6-7-22-8-10-23(11-9-22)16-26-25-13-12-24(30)17-27(25)31-29(26)21(5)28-19(3)14-18(2)15-20(28)4/h6-15,17H,5,16,30H2,1-4H3/b7-6+. The normalized spacial score (nSPS) is 11.5. The molecule has 0 saturated carbocycles. The molecule has 0 aliphatic carbocycles. The second kappa shape index (κ2) is 8.56. The van der Waals surface area contributed by atoms with Gasteiger partial charge in [-0.1, -0.05) is 66.8 Å². The molecule has 1 heterocycles. The van der Waals surface area contributed by atoms with Crippen LogP contribution in [0.25, 0.3) is 21.7 Å². The number of aryl methyl sites for hydroxylation is 3. The first-order chi connectivity index (χ1) is 14.9. The first kappa shape index (κ1) is 21.1. The van der Waals surface area contributed by atoms with Gasteiger partial charge in [-0.25, -0.2) is 0 Å². The van der Waals surface area contributed by atoms with Crippen molar-refractivity contribution < 1.29 is 0 Å². The first-order valence-corrected chi connectivity index (χ1v) is 11.5. The van der Waals surface area contributed by atoms with E-state index in [0.717, 1.165) is 17.7 Å². The van der Waals surface area contributed by atoms with Crippen LogP contribution in [0, 0.1) is 20.8 Å². The summed E-state index contributed by atoms with van der Waals surface area (Å²) in [4.78, 5) is 1.26. The second-order valence-electron chi connectivity index (χ2n) is 8.34. The van der Waals surface area contributed by atoms with Gasteiger partial charge in [0.15, 0.2) is 0 Å². The maximum atomic E-state index is 6.11. The Labute approximate surface area is 189 Å². The number of nitrogen functional groups attached to an aromatic ring is 1. The average molecular weight is 424 g/mol. The Kier molecular flexibility index (Phi) is 5.84. The fourth-order valence-electron chi connectivity index (χ4n) is 4.50. The van der Waals surface area contributed by atoms with Crippen molar-refractivity contribution in [3.05, 3.63) is 111 Å².